The van der Waals surface area contributed by atoms with E-state index >= 15 is 0 Å². The van der Waals surface area contributed by atoms with E-state index in [2.05, 4.69) is 25.8 Å². The number of hydrogen-bond donors (Lipinski definition) is 5. The maximum absolute atomic E-state index is 10.4. The minimum absolute atomic E-state index is 0.0717. The fourth-order valence-electron chi connectivity index (χ4n) is 1.81. The second-order valence-corrected chi connectivity index (χ2v) is 4.16. The topological polar surface area (TPSA) is 152 Å². The number of aliphatic hydroxyl groups excluding tert-OH is 1. The van der Waals surface area contributed by atoms with Crippen molar-refractivity contribution in [3.05, 3.63) is 4.91 Å². The molecule has 2 rings (SSSR count). The predicted molar refractivity (Wildman–Crippen MR) is 68.0 cm³/mol. The lowest BCUT2D eigenvalue weighted by atomic mass is 10.0. The Kier molecular flexibility index (Phi) is 3.15. The number of fused-ring (bicyclic) bond motifs is 1. The lowest BCUT2D eigenvalue weighted by Gasteiger charge is -2.32. The van der Waals surface area contributed by atoms with Crippen molar-refractivity contribution in [3.63, 3.8) is 0 Å². The highest BCUT2D eigenvalue weighted by Gasteiger charge is 2.30. The highest BCUT2D eigenvalue weighted by atomic mass is 16.3. The largest absolute Gasteiger partial charge is 0.389 e. The first-order valence-corrected chi connectivity index (χ1v) is 5.47. The fourth-order valence-corrected chi connectivity index (χ4v) is 1.81. The van der Waals surface area contributed by atoms with Crippen LogP contribution in [0.15, 0.2) is 5.18 Å². The van der Waals surface area contributed by atoms with Crippen molar-refractivity contribution >= 4 is 23.3 Å². The molecule has 0 aliphatic carbocycles. The van der Waals surface area contributed by atoms with E-state index < -0.39 is 18.2 Å². The van der Waals surface area contributed by atoms with E-state index in [9.17, 15) is 10.0 Å². The maximum atomic E-state index is 10.4. The molecule has 9 heteroatoms. The second kappa shape index (κ2) is 4.61. The van der Waals surface area contributed by atoms with Crippen LogP contribution < -0.4 is 22.1 Å². The smallest absolute Gasteiger partial charge is 0.224 e. The Morgan fingerprint density at radius 2 is 2.22 bits per heavy atom. The van der Waals surface area contributed by atoms with Crippen molar-refractivity contribution in [2.24, 2.45) is 5.18 Å². The first-order chi connectivity index (χ1) is 8.52. The average Bonchev–Trinajstić information content (AvgIpc) is 2.36. The van der Waals surface area contributed by atoms with Gasteiger partial charge in [-0.3, -0.25) is 0 Å². The van der Waals surface area contributed by atoms with Gasteiger partial charge in [0.2, 0.25) is 5.95 Å². The third-order valence-corrected chi connectivity index (χ3v) is 2.85. The van der Waals surface area contributed by atoms with E-state index in [1.54, 1.807) is 0 Å². The van der Waals surface area contributed by atoms with E-state index in [0.717, 1.165) is 0 Å². The van der Waals surface area contributed by atoms with Gasteiger partial charge in [-0.25, -0.2) is 0 Å². The number of nitrogens with zero attached hydrogens (tertiary/aromatic N) is 3. The second-order valence-electron chi connectivity index (χ2n) is 4.16. The minimum Gasteiger partial charge on any atom is -0.389 e. The lowest BCUT2D eigenvalue weighted by Crippen LogP contribution is -2.47. The lowest BCUT2D eigenvalue weighted by molar-refractivity contribution is 0.133. The third-order valence-electron chi connectivity index (χ3n) is 2.85. The fraction of sp³-hybridized carbons (Fsp3) is 0.556. The third kappa shape index (κ3) is 2.12. The number of hydrogen-bond acceptors (Lipinski definition) is 9. The summed E-state index contributed by atoms with van der Waals surface area (Å²) in [4.78, 5) is 18.2. The molecule has 2 heterocycles. The zero-order valence-electron chi connectivity index (χ0n) is 9.79. The predicted octanol–water partition coefficient (Wildman–Crippen LogP) is -0.637. The van der Waals surface area contributed by atoms with Crippen molar-refractivity contribution in [2.75, 3.05) is 28.6 Å². The number of nitrogens with two attached hydrogens (primary N) is 2. The molecule has 0 bridgehead atoms. The quantitative estimate of drug-likeness (QED) is 0.446. The molecule has 3 atom stereocenters. The van der Waals surface area contributed by atoms with Crippen molar-refractivity contribution in [1.82, 2.24) is 9.97 Å². The van der Waals surface area contributed by atoms with Gasteiger partial charge in [0.1, 0.15) is 17.8 Å². The molecule has 18 heavy (non-hydrogen) atoms. The van der Waals surface area contributed by atoms with Crippen LogP contribution in [0, 0.1) is 4.91 Å². The molecule has 0 spiro atoms. The van der Waals surface area contributed by atoms with Crippen LogP contribution in [0.2, 0.25) is 0 Å². The molecule has 1 aromatic rings. The molecule has 9 nitrogen and oxygen atoms in total. The van der Waals surface area contributed by atoms with Gasteiger partial charge in [0, 0.05) is 6.54 Å². The summed E-state index contributed by atoms with van der Waals surface area (Å²) in [6.45, 7) is 1.92. The Bertz CT molecular complexity index is 466. The van der Waals surface area contributed by atoms with Gasteiger partial charge in [0.15, 0.2) is 11.6 Å². The summed E-state index contributed by atoms with van der Waals surface area (Å²) >= 11 is 0. The summed E-state index contributed by atoms with van der Waals surface area (Å²) in [5.74, 6) is 0.742. The number of anilines is 4. The van der Waals surface area contributed by atoms with Gasteiger partial charge in [-0.15, -0.1) is 0 Å². The number of aromatic nitrogens is 2. The Morgan fingerprint density at radius 3 is 2.89 bits per heavy atom. The zero-order valence-corrected chi connectivity index (χ0v) is 9.79. The van der Waals surface area contributed by atoms with Gasteiger partial charge in [-0.1, -0.05) is 5.18 Å². The Hall–Kier alpha value is -2.16. The summed E-state index contributed by atoms with van der Waals surface area (Å²) < 4.78 is 0. The monoisotopic (exact) mass is 253 g/mol. The molecule has 0 radical (unpaired) electrons. The van der Waals surface area contributed by atoms with Gasteiger partial charge in [-0.2, -0.15) is 14.9 Å². The van der Waals surface area contributed by atoms with Crippen LogP contribution in [-0.4, -0.2) is 39.8 Å². The summed E-state index contributed by atoms with van der Waals surface area (Å²) in [5, 5.41) is 18.7. The number of aliphatic hydroxyl groups is 1. The summed E-state index contributed by atoms with van der Waals surface area (Å²) in [6.07, 6.45) is -0.930. The number of rotatable bonds is 3. The molecule has 3 unspecified atom stereocenters. The van der Waals surface area contributed by atoms with Crippen LogP contribution in [-0.2, 0) is 0 Å². The molecular weight excluding hydrogens is 238 g/mol. The molecule has 1 aliphatic heterocycles. The molecule has 1 aromatic heterocycles. The van der Waals surface area contributed by atoms with Gasteiger partial charge in [0.05, 0.1) is 6.04 Å². The average molecular weight is 253 g/mol. The minimum atomic E-state index is -0.930. The van der Waals surface area contributed by atoms with Crippen LogP contribution >= 0.6 is 0 Å². The van der Waals surface area contributed by atoms with Crippen LogP contribution in [0.1, 0.15) is 6.92 Å². The van der Waals surface area contributed by atoms with Gasteiger partial charge >= 0.3 is 0 Å². The van der Waals surface area contributed by atoms with Crippen LogP contribution in [0.25, 0.3) is 0 Å². The SMILES string of the molecule is CC(N=O)C(O)C1CNc2nc(N)nc(N)c2N1. The Balaban J connectivity index is 2.22. The number of nitroso groups, excluding NO2 is 1. The number of nitrogen functional groups attached to an aromatic ring is 2. The van der Waals surface area contributed by atoms with E-state index in [1.165, 1.54) is 6.92 Å². The molecule has 0 fully saturated rings. The molecule has 7 N–H and O–H groups in total. The standard InChI is InChI=1S/C9H15N7O2/c1-3(16-18)6(17)4-2-12-8-5(13-4)7(10)14-9(11)15-8/h3-4,6,13,17H,2H2,1H3,(H5,10,11,12,14,15). The highest BCUT2D eigenvalue weighted by molar-refractivity contribution is 5.78. The Labute approximate surface area is 103 Å². The van der Waals surface area contributed by atoms with E-state index in [0.29, 0.717) is 18.1 Å². The van der Waals surface area contributed by atoms with E-state index in [-0.39, 0.29) is 11.8 Å². The normalized spacial score (nSPS) is 21.1. The van der Waals surface area contributed by atoms with Crippen molar-refractivity contribution in [3.8, 4) is 0 Å². The van der Waals surface area contributed by atoms with Crippen LogP contribution in [0.4, 0.5) is 23.3 Å². The molecule has 0 saturated heterocycles. The highest BCUT2D eigenvalue weighted by Crippen LogP contribution is 2.30. The van der Waals surface area contributed by atoms with Crippen molar-refractivity contribution in [1.29, 1.82) is 0 Å². The van der Waals surface area contributed by atoms with Crippen molar-refractivity contribution < 1.29 is 5.11 Å². The molecule has 0 aromatic carbocycles. The molecule has 98 valence electrons. The molecule has 0 saturated carbocycles. The first kappa shape index (κ1) is 12.3. The van der Waals surface area contributed by atoms with Crippen LogP contribution in [0.3, 0.4) is 0 Å². The van der Waals surface area contributed by atoms with Gasteiger partial charge in [-0.05, 0) is 6.92 Å². The van der Waals surface area contributed by atoms with Gasteiger partial charge < -0.3 is 27.2 Å². The van der Waals surface area contributed by atoms with E-state index in [1.807, 2.05) is 0 Å². The summed E-state index contributed by atoms with van der Waals surface area (Å²) in [6, 6.07) is -1.12. The van der Waals surface area contributed by atoms with E-state index in [4.69, 9.17) is 11.5 Å². The van der Waals surface area contributed by atoms with Gasteiger partial charge in [0.25, 0.3) is 0 Å². The first-order valence-electron chi connectivity index (χ1n) is 5.47. The molecule has 1 aliphatic rings. The zero-order chi connectivity index (χ0) is 13.3. The summed E-state index contributed by atoms with van der Waals surface area (Å²) in [7, 11) is 0. The van der Waals surface area contributed by atoms with Crippen molar-refractivity contribution in [2.45, 2.75) is 25.1 Å². The molecule has 0 amide bonds. The maximum Gasteiger partial charge on any atom is 0.224 e. The number of nitrogens with one attached hydrogen (secondary N) is 2. The van der Waals surface area contributed by atoms with Crippen LogP contribution in [0.5, 0.6) is 0 Å². The Morgan fingerprint density at radius 1 is 1.50 bits per heavy atom. The summed E-state index contributed by atoms with van der Waals surface area (Å²) in [5.41, 5.74) is 11.7. The molecular formula is C9H15N7O2.